The zero-order valence-electron chi connectivity index (χ0n) is 14.0. The number of pyridine rings is 1. The predicted molar refractivity (Wildman–Crippen MR) is 89.4 cm³/mol. The average Bonchev–Trinajstić information content (AvgIpc) is 2.60. The predicted octanol–water partition coefficient (Wildman–Crippen LogP) is 1.67. The number of rotatable bonds is 2. The van der Waals surface area contributed by atoms with Gasteiger partial charge in [0.05, 0.1) is 17.1 Å². The fourth-order valence-corrected chi connectivity index (χ4v) is 4.70. The first kappa shape index (κ1) is 18.9. The summed E-state index contributed by atoms with van der Waals surface area (Å²) >= 11 is 0. The van der Waals surface area contributed by atoms with Gasteiger partial charge in [-0.3, -0.25) is 4.90 Å². The number of halogens is 3. The molecule has 142 valence electrons. The lowest BCUT2D eigenvalue weighted by Gasteiger charge is -2.40. The van der Waals surface area contributed by atoms with E-state index in [0.29, 0.717) is 39.0 Å². The summed E-state index contributed by atoms with van der Waals surface area (Å²) in [7, 11) is -2.94. The molecule has 0 N–H and O–H groups in total. The molecule has 2 aliphatic rings. The van der Waals surface area contributed by atoms with Crippen molar-refractivity contribution in [2.75, 3.05) is 42.6 Å². The third-order valence-electron chi connectivity index (χ3n) is 4.95. The Kier molecular flexibility index (Phi) is 5.12. The zero-order valence-corrected chi connectivity index (χ0v) is 14.9. The van der Waals surface area contributed by atoms with Crippen LogP contribution in [0.5, 0.6) is 0 Å². The number of nitrogens with zero attached hydrogens (tertiary/aromatic N) is 4. The summed E-state index contributed by atoms with van der Waals surface area (Å²) in [4.78, 5) is 7.54. The van der Waals surface area contributed by atoms with Gasteiger partial charge < -0.3 is 4.90 Å². The summed E-state index contributed by atoms with van der Waals surface area (Å²) in [5.74, 6) is 0.379. The molecule has 0 radical (unpaired) electrons. The highest BCUT2D eigenvalue weighted by Crippen LogP contribution is 2.31. The second-order valence-electron chi connectivity index (χ2n) is 6.58. The largest absolute Gasteiger partial charge is 0.433 e. The molecule has 0 aromatic carbocycles. The molecular weight excluding hydrogens is 369 g/mol. The number of hydrogen-bond donors (Lipinski definition) is 0. The van der Waals surface area contributed by atoms with Crippen LogP contribution in [-0.4, -0.2) is 62.0 Å². The van der Waals surface area contributed by atoms with Crippen LogP contribution in [0.15, 0.2) is 12.1 Å². The molecule has 3 heterocycles. The highest BCUT2D eigenvalue weighted by molar-refractivity contribution is 7.91. The minimum atomic E-state index is -4.56. The van der Waals surface area contributed by atoms with Crippen LogP contribution in [-0.2, 0) is 16.0 Å². The van der Waals surface area contributed by atoms with E-state index in [1.54, 1.807) is 4.90 Å². The summed E-state index contributed by atoms with van der Waals surface area (Å²) in [5, 5.41) is 9.18. The Hall–Kier alpha value is -1.86. The molecule has 0 atom stereocenters. The van der Waals surface area contributed by atoms with Crippen LogP contribution in [0, 0.1) is 11.3 Å². The molecule has 0 aliphatic carbocycles. The Labute approximate surface area is 150 Å². The number of aromatic nitrogens is 1. The summed E-state index contributed by atoms with van der Waals surface area (Å²) in [6, 6.07) is 4.09. The van der Waals surface area contributed by atoms with Gasteiger partial charge in [0.15, 0.2) is 9.84 Å². The van der Waals surface area contributed by atoms with Crippen LogP contribution in [0.3, 0.4) is 0 Å². The van der Waals surface area contributed by atoms with Crippen molar-refractivity contribution in [2.24, 2.45) is 0 Å². The minimum absolute atomic E-state index is 0.0713. The van der Waals surface area contributed by atoms with Crippen molar-refractivity contribution in [3.05, 3.63) is 23.4 Å². The highest BCUT2D eigenvalue weighted by Gasteiger charge is 2.35. The Morgan fingerprint density at radius 3 is 2.27 bits per heavy atom. The van der Waals surface area contributed by atoms with E-state index in [4.69, 9.17) is 0 Å². The molecule has 2 saturated heterocycles. The summed E-state index contributed by atoms with van der Waals surface area (Å²) in [5.41, 5.74) is -0.879. The first-order chi connectivity index (χ1) is 12.2. The maximum absolute atomic E-state index is 12.9. The molecule has 1 aromatic heterocycles. The van der Waals surface area contributed by atoms with Crippen molar-refractivity contribution in [1.29, 1.82) is 5.26 Å². The summed E-state index contributed by atoms with van der Waals surface area (Å²) < 4.78 is 61.8. The van der Waals surface area contributed by atoms with E-state index in [0.717, 1.165) is 12.1 Å². The van der Waals surface area contributed by atoms with Crippen molar-refractivity contribution >= 4 is 15.7 Å². The van der Waals surface area contributed by atoms with Crippen molar-refractivity contribution in [3.8, 4) is 6.07 Å². The lowest BCUT2D eigenvalue weighted by atomic mass is 10.0. The molecule has 26 heavy (non-hydrogen) atoms. The van der Waals surface area contributed by atoms with E-state index in [1.807, 2.05) is 6.07 Å². The number of alkyl halides is 3. The average molecular weight is 388 g/mol. The topological polar surface area (TPSA) is 77.3 Å². The van der Waals surface area contributed by atoms with Gasteiger partial charge in [-0.25, -0.2) is 13.4 Å². The van der Waals surface area contributed by atoms with Gasteiger partial charge in [-0.05, 0) is 25.0 Å². The number of anilines is 1. The van der Waals surface area contributed by atoms with E-state index in [1.165, 1.54) is 0 Å². The molecule has 0 spiro atoms. The Morgan fingerprint density at radius 1 is 1.12 bits per heavy atom. The van der Waals surface area contributed by atoms with Gasteiger partial charge in [-0.1, -0.05) is 0 Å². The third-order valence-corrected chi connectivity index (χ3v) is 6.55. The van der Waals surface area contributed by atoms with Crippen molar-refractivity contribution < 1.29 is 21.6 Å². The monoisotopic (exact) mass is 388 g/mol. The van der Waals surface area contributed by atoms with Gasteiger partial charge in [0, 0.05) is 32.2 Å². The molecule has 0 bridgehead atoms. The Morgan fingerprint density at radius 2 is 1.73 bits per heavy atom. The fourth-order valence-electron chi connectivity index (χ4n) is 3.47. The maximum Gasteiger partial charge on any atom is 0.433 e. The normalized spacial score (nSPS) is 22.2. The number of piperidine rings is 1. The standard InChI is InChI=1S/C16H19F3N4O2S/c17-16(18,19)14-2-1-12(11-20)15(21-14)23-5-3-13(4-6-23)22-7-9-26(24,25)10-8-22/h1-2,13H,3-10H2. The SMILES string of the molecule is N#Cc1ccc(C(F)(F)F)nc1N1CCC(N2CCS(=O)(=O)CC2)CC1. The highest BCUT2D eigenvalue weighted by atomic mass is 32.2. The fraction of sp³-hybridized carbons (Fsp3) is 0.625. The molecule has 10 heteroatoms. The van der Waals surface area contributed by atoms with Gasteiger partial charge in [-0.15, -0.1) is 0 Å². The van der Waals surface area contributed by atoms with Gasteiger partial charge in [0.1, 0.15) is 17.6 Å². The molecule has 1 aromatic rings. The van der Waals surface area contributed by atoms with E-state index in [9.17, 15) is 26.9 Å². The molecule has 0 amide bonds. The Balaban J connectivity index is 1.69. The van der Waals surface area contributed by atoms with E-state index in [-0.39, 0.29) is 28.9 Å². The molecule has 0 unspecified atom stereocenters. The molecule has 6 nitrogen and oxygen atoms in total. The Bertz CT molecular complexity index is 798. The molecule has 0 saturated carbocycles. The van der Waals surface area contributed by atoms with Gasteiger partial charge in [0.2, 0.25) is 0 Å². The van der Waals surface area contributed by atoms with E-state index in [2.05, 4.69) is 9.88 Å². The second-order valence-corrected chi connectivity index (χ2v) is 8.89. The van der Waals surface area contributed by atoms with E-state index >= 15 is 0 Å². The van der Waals surface area contributed by atoms with Gasteiger partial charge in [-0.2, -0.15) is 18.4 Å². The van der Waals surface area contributed by atoms with Gasteiger partial charge in [0.25, 0.3) is 0 Å². The summed E-state index contributed by atoms with van der Waals surface area (Å²) in [6.07, 6.45) is -3.16. The number of nitriles is 1. The first-order valence-corrected chi connectivity index (χ1v) is 10.2. The van der Waals surface area contributed by atoms with Crippen LogP contribution in [0.1, 0.15) is 24.1 Å². The quantitative estimate of drug-likeness (QED) is 0.767. The number of sulfone groups is 1. The maximum atomic E-state index is 12.9. The molecule has 2 fully saturated rings. The zero-order chi connectivity index (χ0) is 18.9. The molecule has 2 aliphatic heterocycles. The van der Waals surface area contributed by atoms with Crippen molar-refractivity contribution in [1.82, 2.24) is 9.88 Å². The molecule has 3 rings (SSSR count). The van der Waals surface area contributed by atoms with Crippen LogP contribution in [0.25, 0.3) is 0 Å². The van der Waals surface area contributed by atoms with E-state index < -0.39 is 21.7 Å². The van der Waals surface area contributed by atoms with Crippen LogP contribution in [0.4, 0.5) is 19.0 Å². The molecular formula is C16H19F3N4O2S. The summed E-state index contributed by atoms with van der Waals surface area (Å²) in [6.45, 7) is 1.96. The van der Waals surface area contributed by atoms with Crippen molar-refractivity contribution in [2.45, 2.75) is 25.1 Å². The lowest BCUT2D eigenvalue weighted by Crippen LogP contribution is -2.50. The number of hydrogen-bond acceptors (Lipinski definition) is 6. The van der Waals surface area contributed by atoms with Crippen molar-refractivity contribution in [3.63, 3.8) is 0 Å². The van der Waals surface area contributed by atoms with Crippen LogP contribution >= 0.6 is 0 Å². The smallest absolute Gasteiger partial charge is 0.355 e. The van der Waals surface area contributed by atoms with Gasteiger partial charge >= 0.3 is 6.18 Å². The second kappa shape index (κ2) is 7.04. The minimum Gasteiger partial charge on any atom is -0.355 e. The third kappa shape index (κ3) is 4.10. The lowest BCUT2D eigenvalue weighted by molar-refractivity contribution is -0.141. The van der Waals surface area contributed by atoms with Crippen LogP contribution < -0.4 is 4.90 Å². The van der Waals surface area contributed by atoms with Crippen LogP contribution in [0.2, 0.25) is 0 Å². The first-order valence-electron chi connectivity index (χ1n) is 8.37.